The maximum Gasteiger partial charge on any atom is 0.312 e. The summed E-state index contributed by atoms with van der Waals surface area (Å²) >= 11 is 0. The van der Waals surface area contributed by atoms with Gasteiger partial charge >= 0.3 is 5.97 Å². The molecule has 1 unspecified atom stereocenters. The molecule has 0 aliphatic heterocycles. The molecule has 1 atom stereocenters. The van der Waals surface area contributed by atoms with Crippen LogP contribution in [0, 0.1) is 6.92 Å². The SMILES string of the molecule is Cc1ncccc1C(CN)C(=O)O. The molecule has 0 amide bonds. The van der Waals surface area contributed by atoms with Gasteiger partial charge in [-0.2, -0.15) is 0 Å². The normalized spacial score (nSPS) is 12.5. The first kappa shape index (κ1) is 9.67. The van der Waals surface area contributed by atoms with Gasteiger partial charge in [-0.3, -0.25) is 9.78 Å². The highest BCUT2D eigenvalue weighted by molar-refractivity contribution is 5.76. The number of aliphatic carboxylic acids is 1. The number of carbonyl (C=O) groups is 1. The van der Waals surface area contributed by atoms with Crippen molar-refractivity contribution in [3.8, 4) is 0 Å². The molecule has 13 heavy (non-hydrogen) atoms. The lowest BCUT2D eigenvalue weighted by Crippen LogP contribution is -2.22. The Labute approximate surface area is 76.4 Å². The number of carboxylic acid groups (broad SMARTS) is 1. The van der Waals surface area contributed by atoms with Gasteiger partial charge in [0.05, 0.1) is 5.92 Å². The Bertz CT molecular complexity index is 312. The van der Waals surface area contributed by atoms with Gasteiger partial charge in [-0.25, -0.2) is 0 Å². The Morgan fingerprint density at radius 3 is 2.92 bits per heavy atom. The standard InChI is InChI=1S/C9H12N2O2/c1-6-7(3-2-4-11-6)8(5-10)9(12)13/h2-4,8H,5,10H2,1H3,(H,12,13). The first-order chi connectivity index (χ1) is 6.16. The Balaban J connectivity index is 3.04. The molecule has 0 aliphatic carbocycles. The first-order valence-corrected chi connectivity index (χ1v) is 4.01. The second-order valence-electron chi connectivity index (χ2n) is 2.80. The molecule has 3 N–H and O–H groups in total. The van der Waals surface area contributed by atoms with E-state index in [2.05, 4.69) is 4.98 Å². The molecular formula is C9H12N2O2. The number of hydrogen-bond donors (Lipinski definition) is 2. The van der Waals surface area contributed by atoms with E-state index in [1.54, 1.807) is 25.3 Å². The maximum atomic E-state index is 10.8. The fourth-order valence-corrected chi connectivity index (χ4v) is 1.23. The number of hydrogen-bond acceptors (Lipinski definition) is 3. The number of carboxylic acids is 1. The Kier molecular flexibility index (Phi) is 2.97. The monoisotopic (exact) mass is 180 g/mol. The summed E-state index contributed by atoms with van der Waals surface area (Å²) in [7, 11) is 0. The number of rotatable bonds is 3. The summed E-state index contributed by atoms with van der Waals surface area (Å²) in [5.41, 5.74) is 6.78. The molecule has 0 saturated carbocycles. The van der Waals surface area contributed by atoms with Crippen molar-refractivity contribution in [2.24, 2.45) is 5.73 Å². The summed E-state index contributed by atoms with van der Waals surface area (Å²) in [4.78, 5) is 14.8. The molecule has 1 aromatic heterocycles. The van der Waals surface area contributed by atoms with Crippen molar-refractivity contribution >= 4 is 5.97 Å². The lowest BCUT2D eigenvalue weighted by molar-refractivity contribution is -0.138. The highest BCUT2D eigenvalue weighted by Gasteiger charge is 2.19. The van der Waals surface area contributed by atoms with Crippen molar-refractivity contribution in [1.29, 1.82) is 0 Å². The van der Waals surface area contributed by atoms with Crippen LogP contribution in [-0.4, -0.2) is 22.6 Å². The third kappa shape index (κ3) is 2.03. The van der Waals surface area contributed by atoms with Gasteiger partial charge in [0.25, 0.3) is 0 Å². The number of nitrogens with zero attached hydrogens (tertiary/aromatic N) is 1. The molecule has 1 aromatic rings. The van der Waals surface area contributed by atoms with Crippen molar-refractivity contribution in [1.82, 2.24) is 4.98 Å². The maximum absolute atomic E-state index is 10.8. The molecule has 1 heterocycles. The van der Waals surface area contributed by atoms with Gasteiger partial charge in [0.2, 0.25) is 0 Å². The fraction of sp³-hybridized carbons (Fsp3) is 0.333. The minimum absolute atomic E-state index is 0.0991. The molecule has 0 radical (unpaired) electrons. The second-order valence-corrected chi connectivity index (χ2v) is 2.80. The molecule has 0 aromatic carbocycles. The predicted molar refractivity (Wildman–Crippen MR) is 48.4 cm³/mol. The van der Waals surface area contributed by atoms with Crippen molar-refractivity contribution in [3.05, 3.63) is 29.6 Å². The van der Waals surface area contributed by atoms with Crippen LogP contribution in [0.1, 0.15) is 17.2 Å². The third-order valence-electron chi connectivity index (χ3n) is 1.96. The number of aromatic nitrogens is 1. The van der Waals surface area contributed by atoms with Crippen LogP contribution in [0.2, 0.25) is 0 Å². The van der Waals surface area contributed by atoms with Gasteiger partial charge in [-0.1, -0.05) is 6.07 Å². The van der Waals surface area contributed by atoms with Crippen molar-refractivity contribution in [2.75, 3.05) is 6.54 Å². The minimum atomic E-state index is -0.904. The van der Waals surface area contributed by atoms with Crippen molar-refractivity contribution in [2.45, 2.75) is 12.8 Å². The van der Waals surface area contributed by atoms with E-state index in [0.29, 0.717) is 5.56 Å². The van der Waals surface area contributed by atoms with E-state index < -0.39 is 11.9 Å². The molecule has 4 nitrogen and oxygen atoms in total. The van der Waals surface area contributed by atoms with E-state index >= 15 is 0 Å². The summed E-state index contributed by atoms with van der Waals surface area (Å²) in [5, 5.41) is 8.84. The minimum Gasteiger partial charge on any atom is -0.481 e. The molecular weight excluding hydrogens is 168 g/mol. The average molecular weight is 180 g/mol. The van der Waals surface area contributed by atoms with Gasteiger partial charge in [0.1, 0.15) is 0 Å². The van der Waals surface area contributed by atoms with Crippen LogP contribution in [0.4, 0.5) is 0 Å². The Morgan fingerprint density at radius 2 is 2.46 bits per heavy atom. The van der Waals surface area contributed by atoms with E-state index in [1.807, 2.05) is 0 Å². The van der Waals surface area contributed by atoms with Gasteiger partial charge in [-0.15, -0.1) is 0 Å². The van der Waals surface area contributed by atoms with Crippen LogP contribution in [-0.2, 0) is 4.79 Å². The fourth-order valence-electron chi connectivity index (χ4n) is 1.23. The molecule has 0 aliphatic rings. The lowest BCUT2D eigenvalue weighted by atomic mass is 9.98. The summed E-state index contributed by atoms with van der Waals surface area (Å²) in [6.07, 6.45) is 1.63. The summed E-state index contributed by atoms with van der Waals surface area (Å²) < 4.78 is 0. The number of aryl methyl sites for hydroxylation is 1. The molecule has 4 heteroatoms. The quantitative estimate of drug-likeness (QED) is 0.710. The second kappa shape index (κ2) is 4.00. The summed E-state index contributed by atoms with van der Waals surface area (Å²) in [6.45, 7) is 1.88. The summed E-state index contributed by atoms with van der Waals surface area (Å²) in [6, 6.07) is 3.46. The van der Waals surface area contributed by atoms with E-state index in [9.17, 15) is 4.79 Å². The van der Waals surface area contributed by atoms with Crippen LogP contribution in [0.15, 0.2) is 18.3 Å². The van der Waals surface area contributed by atoms with Crippen LogP contribution in [0.25, 0.3) is 0 Å². The van der Waals surface area contributed by atoms with E-state index in [0.717, 1.165) is 5.69 Å². The highest BCUT2D eigenvalue weighted by atomic mass is 16.4. The van der Waals surface area contributed by atoms with E-state index in [1.165, 1.54) is 0 Å². The summed E-state index contributed by atoms with van der Waals surface area (Å²) in [5.74, 6) is -1.55. The Hall–Kier alpha value is -1.42. The lowest BCUT2D eigenvalue weighted by Gasteiger charge is -2.11. The number of pyridine rings is 1. The predicted octanol–water partition coefficient (Wildman–Crippen LogP) is 0.517. The zero-order valence-corrected chi connectivity index (χ0v) is 7.40. The molecule has 0 spiro atoms. The van der Waals surface area contributed by atoms with Crippen LogP contribution < -0.4 is 5.73 Å². The highest BCUT2D eigenvalue weighted by Crippen LogP contribution is 2.16. The third-order valence-corrected chi connectivity index (χ3v) is 1.96. The number of nitrogens with two attached hydrogens (primary N) is 1. The topological polar surface area (TPSA) is 76.2 Å². The van der Waals surface area contributed by atoms with E-state index in [-0.39, 0.29) is 6.54 Å². The average Bonchev–Trinajstić information content (AvgIpc) is 2.09. The molecule has 70 valence electrons. The molecule has 1 rings (SSSR count). The molecule has 0 bridgehead atoms. The van der Waals surface area contributed by atoms with Gasteiger partial charge in [-0.05, 0) is 18.6 Å². The van der Waals surface area contributed by atoms with E-state index in [4.69, 9.17) is 10.8 Å². The van der Waals surface area contributed by atoms with Gasteiger partial charge < -0.3 is 10.8 Å². The molecule has 0 saturated heterocycles. The van der Waals surface area contributed by atoms with Crippen LogP contribution in [0.5, 0.6) is 0 Å². The van der Waals surface area contributed by atoms with Crippen molar-refractivity contribution < 1.29 is 9.90 Å². The van der Waals surface area contributed by atoms with Gasteiger partial charge in [0, 0.05) is 18.4 Å². The molecule has 0 fully saturated rings. The van der Waals surface area contributed by atoms with Crippen LogP contribution >= 0.6 is 0 Å². The van der Waals surface area contributed by atoms with Crippen molar-refractivity contribution in [3.63, 3.8) is 0 Å². The van der Waals surface area contributed by atoms with Gasteiger partial charge in [0.15, 0.2) is 0 Å². The smallest absolute Gasteiger partial charge is 0.312 e. The Morgan fingerprint density at radius 1 is 1.77 bits per heavy atom. The van der Waals surface area contributed by atoms with Crippen LogP contribution in [0.3, 0.4) is 0 Å². The first-order valence-electron chi connectivity index (χ1n) is 4.01. The zero-order valence-electron chi connectivity index (χ0n) is 7.40. The largest absolute Gasteiger partial charge is 0.481 e. The zero-order chi connectivity index (χ0) is 9.84.